The van der Waals surface area contributed by atoms with Gasteiger partial charge in [0.05, 0.1) is 25.2 Å². The second kappa shape index (κ2) is 8.58. The summed E-state index contributed by atoms with van der Waals surface area (Å²) in [5, 5.41) is 0. The van der Waals surface area contributed by atoms with Gasteiger partial charge in [-0.25, -0.2) is 0 Å². The van der Waals surface area contributed by atoms with Crippen LogP contribution in [-0.2, 0) is 14.3 Å². The maximum absolute atomic E-state index is 11.7. The molecule has 1 saturated carbocycles. The monoisotopic (exact) mass is 404 g/mol. The topological polar surface area (TPSA) is 44.8 Å². The molecule has 5 heteroatoms. The maximum atomic E-state index is 11.7. The SMILES string of the molecule is CCOC(=O)C1CC(I)C(OCCOc2ccccc2)C1. The minimum Gasteiger partial charge on any atom is -0.491 e. The van der Waals surface area contributed by atoms with E-state index in [-0.39, 0.29) is 18.0 Å². The van der Waals surface area contributed by atoms with E-state index in [0.29, 0.717) is 23.7 Å². The number of carbonyl (C=O) groups excluding carboxylic acids is 1. The predicted molar refractivity (Wildman–Crippen MR) is 88.8 cm³/mol. The summed E-state index contributed by atoms with van der Waals surface area (Å²) in [6, 6.07) is 9.69. The summed E-state index contributed by atoms with van der Waals surface area (Å²) in [5.74, 6) is 0.737. The highest BCUT2D eigenvalue weighted by Crippen LogP contribution is 2.34. The molecule has 3 unspecified atom stereocenters. The van der Waals surface area contributed by atoms with Gasteiger partial charge in [0.1, 0.15) is 12.4 Å². The van der Waals surface area contributed by atoms with Crippen molar-refractivity contribution in [3.05, 3.63) is 30.3 Å². The smallest absolute Gasteiger partial charge is 0.309 e. The number of rotatable bonds is 7. The van der Waals surface area contributed by atoms with Crippen LogP contribution < -0.4 is 4.74 Å². The minimum absolute atomic E-state index is 0.0214. The van der Waals surface area contributed by atoms with Crippen LogP contribution in [0.1, 0.15) is 19.8 Å². The van der Waals surface area contributed by atoms with Crippen molar-refractivity contribution in [3.8, 4) is 5.75 Å². The van der Waals surface area contributed by atoms with Crippen LogP contribution in [0.25, 0.3) is 0 Å². The van der Waals surface area contributed by atoms with Gasteiger partial charge in [-0.2, -0.15) is 0 Å². The molecule has 0 bridgehead atoms. The molecular weight excluding hydrogens is 383 g/mol. The molecule has 1 aliphatic rings. The van der Waals surface area contributed by atoms with E-state index in [9.17, 15) is 4.79 Å². The fourth-order valence-corrected chi connectivity index (χ4v) is 3.56. The molecule has 0 N–H and O–H groups in total. The summed E-state index contributed by atoms with van der Waals surface area (Å²) >= 11 is 2.36. The van der Waals surface area contributed by atoms with Gasteiger partial charge < -0.3 is 14.2 Å². The number of ether oxygens (including phenoxy) is 3. The van der Waals surface area contributed by atoms with Crippen LogP contribution in [0.3, 0.4) is 0 Å². The van der Waals surface area contributed by atoms with Gasteiger partial charge >= 0.3 is 5.97 Å². The Labute approximate surface area is 139 Å². The van der Waals surface area contributed by atoms with Crippen molar-refractivity contribution in [3.63, 3.8) is 0 Å². The summed E-state index contributed by atoms with van der Waals surface area (Å²) in [6.07, 6.45) is 1.70. The van der Waals surface area contributed by atoms with Crippen molar-refractivity contribution >= 4 is 28.6 Å². The average molecular weight is 404 g/mol. The molecule has 1 aromatic carbocycles. The number of halogens is 1. The number of esters is 1. The Hall–Kier alpha value is -0.820. The third-order valence-corrected chi connectivity index (χ3v) is 4.79. The highest BCUT2D eigenvalue weighted by atomic mass is 127. The van der Waals surface area contributed by atoms with Gasteiger partial charge in [-0.1, -0.05) is 40.8 Å². The predicted octanol–water partition coefficient (Wildman–Crippen LogP) is 3.23. The van der Waals surface area contributed by atoms with Gasteiger partial charge in [-0.3, -0.25) is 4.79 Å². The lowest BCUT2D eigenvalue weighted by Gasteiger charge is -2.15. The standard InChI is InChI=1S/C16H21IO4/c1-2-19-16(18)12-10-14(17)15(11-12)21-9-8-20-13-6-4-3-5-7-13/h3-7,12,14-15H,2,8-11H2,1H3. The van der Waals surface area contributed by atoms with E-state index < -0.39 is 0 Å². The Morgan fingerprint density at radius 3 is 2.71 bits per heavy atom. The first-order chi connectivity index (χ1) is 10.2. The van der Waals surface area contributed by atoms with Gasteiger partial charge in [0.25, 0.3) is 0 Å². The van der Waals surface area contributed by atoms with Gasteiger partial charge in [-0.05, 0) is 31.9 Å². The van der Waals surface area contributed by atoms with Gasteiger partial charge in [0, 0.05) is 3.92 Å². The second-order valence-electron chi connectivity index (χ2n) is 5.01. The van der Waals surface area contributed by atoms with Crippen LogP contribution >= 0.6 is 22.6 Å². The molecule has 1 aromatic rings. The molecule has 1 fully saturated rings. The number of alkyl halides is 1. The van der Waals surface area contributed by atoms with Gasteiger partial charge in [-0.15, -0.1) is 0 Å². The van der Waals surface area contributed by atoms with Crippen molar-refractivity contribution in [2.45, 2.75) is 29.8 Å². The zero-order chi connectivity index (χ0) is 15.1. The molecule has 21 heavy (non-hydrogen) atoms. The molecule has 4 nitrogen and oxygen atoms in total. The van der Waals surface area contributed by atoms with Gasteiger partial charge in [0.15, 0.2) is 0 Å². The molecule has 0 amide bonds. The lowest BCUT2D eigenvalue weighted by molar-refractivity contribution is -0.148. The quantitative estimate of drug-likeness (QED) is 0.303. The molecule has 0 spiro atoms. The summed E-state index contributed by atoms with van der Waals surface area (Å²) < 4.78 is 16.9. The summed E-state index contributed by atoms with van der Waals surface area (Å²) in [6.45, 7) is 3.34. The van der Waals surface area contributed by atoms with Crippen LogP contribution in [-0.4, -0.2) is 35.8 Å². The molecule has 116 valence electrons. The van der Waals surface area contributed by atoms with E-state index in [1.54, 1.807) is 0 Å². The summed E-state index contributed by atoms with van der Waals surface area (Å²) in [4.78, 5) is 11.7. The van der Waals surface area contributed by atoms with E-state index in [2.05, 4.69) is 22.6 Å². The molecule has 0 radical (unpaired) electrons. The van der Waals surface area contributed by atoms with E-state index in [1.165, 1.54) is 0 Å². The van der Waals surface area contributed by atoms with Crippen molar-refractivity contribution in [1.82, 2.24) is 0 Å². The van der Waals surface area contributed by atoms with Crippen molar-refractivity contribution < 1.29 is 19.0 Å². The Morgan fingerprint density at radius 2 is 2.00 bits per heavy atom. The van der Waals surface area contributed by atoms with Crippen LogP contribution in [0.15, 0.2) is 30.3 Å². The number of benzene rings is 1. The minimum atomic E-state index is -0.0919. The zero-order valence-electron chi connectivity index (χ0n) is 12.2. The highest BCUT2D eigenvalue weighted by Gasteiger charge is 2.37. The first-order valence-electron chi connectivity index (χ1n) is 7.31. The molecular formula is C16H21IO4. The van der Waals surface area contributed by atoms with Crippen molar-refractivity contribution in [1.29, 1.82) is 0 Å². The number of carbonyl (C=O) groups is 1. The van der Waals surface area contributed by atoms with Crippen LogP contribution in [0.2, 0.25) is 0 Å². The Balaban J connectivity index is 1.68. The third kappa shape index (κ3) is 5.14. The Kier molecular flexibility index (Phi) is 6.76. The number of hydrogen-bond acceptors (Lipinski definition) is 4. The molecule has 0 aliphatic heterocycles. The van der Waals surface area contributed by atoms with E-state index in [4.69, 9.17) is 14.2 Å². The molecule has 1 aliphatic carbocycles. The average Bonchev–Trinajstić information content (AvgIpc) is 2.86. The molecule has 0 aromatic heterocycles. The Morgan fingerprint density at radius 1 is 1.24 bits per heavy atom. The van der Waals surface area contributed by atoms with E-state index in [1.807, 2.05) is 37.3 Å². The zero-order valence-corrected chi connectivity index (χ0v) is 14.3. The highest BCUT2D eigenvalue weighted by molar-refractivity contribution is 14.1. The Bertz CT molecular complexity index is 437. The van der Waals surface area contributed by atoms with Gasteiger partial charge in [0.2, 0.25) is 0 Å². The summed E-state index contributed by atoms with van der Waals surface area (Å²) in [5.41, 5.74) is 0. The van der Waals surface area contributed by atoms with Crippen LogP contribution in [0.4, 0.5) is 0 Å². The van der Waals surface area contributed by atoms with E-state index in [0.717, 1.165) is 18.6 Å². The molecule has 2 rings (SSSR count). The fraction of sp³-hybridized carbons (Fsp3) is 0.562. The third-order valence-electron chi connectivity index (χ3n) is 3.48. The van der Waals surface area contributed by atoms with Crippen LogP contribution in [0, 0.1) is 5.92 Å². The normalized spacial score (nSPS) is 24.8. The first kappa shape index (κ1) is 16.5. The summed E-state index contributed by atoms with van der Waals surface area (Å²) in [7, 11) is 0. The number of hydrogen-bond donors (Lipinski definition) is 0. The fourth-order valence-electron chi connectivity index (χ4n) is 2.45. The second-order valence-corrected chi connectivity index (χ2v) is 6.61. The van der Waals surface area contributed by atoms with Crippen molar-refractivity contribution in [2.75, 3.05) is 19.8 Å². The van der Waals surface area contributed by atoms with E-state index >= 15 is 0 Å². The largest absolute Gasteiger partial charge is 0.491 e. The molecule has 0 heterocycles. The first-order valence-corrected chi connectivity index (χ1v) is 8.55. The lowest BCUT2D eigenvalue weighted by Crippen LogP contribution is -2.21. The maximum Gasteiger partial charge on any atom is 0.309 e. The van der Waals surface area contributed by atoms with Crippen LogP contribution in [0.5, 0.6) is 5.75 Å². The molecule has 0 saturated heterocycles. The lowest BCUT2D eigenvalue weighted by atomic mass is 10.1. The number of para-hydroxylation sites is 1. The van der Waals surface area contributed by atoms with Crippen molar-refractivity contribution in [2.24, 2.45) is 5.92 Å². The molecule has 3 atom stereocenters.